The average Bonchev–Trinajstić information content (AvgIpc) is 2.15. The highest BCUT2D eigenvalue weighted by Gasteiger charge is 2.14. The third kappa shape index (κ3) is 1.89. The summed E-state index contributed by atoms with van der Waals surface area (Å²) in [5.74, 6) is 0. The summed E-state index contributed by atoms with van der Waals surface area (Å²) in [4.78, 5) is 10.1. The SMILES string of the molecule is [NH]C(=O)NC1CCNC1. The van der Waals surface area contributed by atoms with Gasteiger partial charge in [0.05, 0.1) is 0 Å². The molecule has 2 amide bonds. The van der Waals surface area contributed by atoms with Crippen molar-refractivity contribution < 1.29 is 4.79 Å². The first kappa shape index (κ1) is 6.35. The first-order valence-electron chi connectivity index (χ1n) is 3.02. The smallest absolute Gasteiger partial charge is 0.333 e. The van der Waals surface area contributed by atoms with Gasteiger partial charge in [-0.25, -0.2) is 10.5 Å². The second-order valence-electron chi connectivity index (χ2n) is 2.16. The molecule has 1 rings (SSSR count). The molecule has 4 heteroatoms. The molecule has 0 aromatic rings. The van der Waals surface area contributed by atoms with Crippen LogP contribution in [0.15, 0.2) is 0 Å². The molecule has 1 saturated heterocycles. The molecule has 1 aliphatic heterocycles. The van der Waals surface area contributed by atoms with Gasteiger partial charge in [0.15, 0.2) is 0 Å². The minimum absolute atomic E-state index is 0.190. The summed E-state index contributed by atoms with van der Waals surface area (Å²) >= 11 is 0. The molecular weight excluding hydrogens is 118 g/mol. The Labute approximate surface area is 53.8 Å². The fourth-order valence-corrected chi connectivity index (χ4v) is 0.963. The molecule has 0 spiro atoms. The topological polar surface area (TPSA) is 64.9 Å². The van der Waals surface area contributed by atoms with E-state index in [2.05, 4.69) is 10.6 Å². The number of hydrogen-bond acceptors (Lipinski definition) is 2. The molecule has 1 atom stereocenters. The van der Waals surface area contributed by atoms with Crippen molar-refractivity contribution in [2.24, 2.45) is 0 Å². The minimum atomic E-state index is -0.677. The van der Waals surface area contributed by atoms with Gasteiger partial charge in [0.1, 0.15) is 0 Å². The van der Waals surface area contributed by atoms with E-state index in [-0.39, 0.29) is 6.04 Å². The molecule has 4 nitrogen and oxygen atoms in total. The second kappa shape index (κ2) is 2.68. The Morgan fingerprint density at radius 1 is 1.78 bits per heavy atom. The molecule has 0 aromatic carbocycles. The Balaban J connectivity index is 2.19. The number of carbonyl (C=O) groups excluding carboxylic acids is 1. The molecule has 0 aliphatic carbocycles. The maximum atomic E-state index is 10.1. The maximum absolute atomic E-state index is 10.1. The zero-order valence-corrected chi connectivity index (χ0v) is 5.11. The Bertz CT molecular complexity index is 109. The van der Waals surface area contributed by atoms with E-state index < -0.39 is 6.03 Å². The van der Waals surface area contributed by atoms with Gasteiger partial charge in [0.25, 0.3) is 0 Å². The van der Waals surface area contributed by atoms with Crippen LogP contribution in [0.2, 0.25) is 0 Å². The van der Waals surface area contributed by atoms with Crippen LogP contribution in [-0.4, -0.2) is 25.2 Å². The van der Waals surface area contributed by atoms with Gasteiger partial charge in [0, 0.05) is 12.6 Å². The number of urea groups is 1. The summed E-state index contributed by atoms with van der Waals surface area (Å²) in [6, 6.07) is -0.487. The number of amides is 2. The van der Waals surface area contributed by atoms with Gasteiger partial charge in [-0.3, -0.25) is 0 Å². The van der Waals surface area contributed by atoms with Crippen molar-refractivity contribution in [1.29, 1.82) is 0 Å². The van der Waals surface area contributed by atoms with E-state index in [0.29, 0.717) is 0 Å². The molecular formula is C5H10N3O. The van der Waals surface area contributed by atoms with Gasteiger partial charge in [-0.2, -0.15) is 0 Å². The molecule has 51 valence electrons. The number of rotatable bonds is 1. The van der Waals surface area contributed by atoms with E-state index in [1.54, 1.807) is 0 Å². The highest BCUT2D eigenvalue weighted by molar-refractivity contribution is 5.71. The predicted molar refractivity (Wildman–Crippen MR) is 32.9 cm³/mol. The Morgan fingerprint density at radius 3 is 3.00 bits per heavy atom. The largest absolute Gasteiger partial charge is 0.333 e. The van der Waals surface area contributed by atoms with Crippen LogP contribution in [0.5, 0.6) is 0 Å². The van der Waals surface area contributed by atoms with Gasteiger partial charge in [-0.05, 0) is 13.0 Å². The lowest BCUT2D eigenvalue weighted by molar-refractivity contribution is 0.244. The van der Waals surface area contributed by atoms with Crippen molar-refractivity contribution >= 4 is 6.03 Å². The average molecular weight is 128 g/mol. The lowest BCUT2D eigenvalue weighted by Crippen LogP contribution is -2.35. The standard InChI is InChI=1S/C5H10N3O/c6-5(9)8-4-1-2-7-3-4/h4,6-7H,1-3H2,(H,8,9). The van der Waals surface area contributed by atoms with Gasteiger partial charge in [0.2, 0.25) is 0 Å². The second-order valence-corrected chi connectivity index (χ2v) is 2.16. The van der Waals surface area contributed by atoms with Crippen molar-refractivity contribution in [2.45, 2.75) is 12.5 Å². The molecule has 9 heavy (non-hydrogen) atoms. The van der Waals surface area contributed by atoms with Crippen LogP contribution in [0.25, 0.3) is 0 Å². The lowest BCUT2D eigenvalue weighted by atomic mass is 10.3. The van der Waals surface area contributed by atoms with Crippen molar-refractivity contribution in [3.63, 3.8) is 0 Å². The van der Waals surface area contributed by atoms with Gasteiger partial charge >= 0.3 is 6.03 Å². The summed E-state index contributed by atoms with van der Waals surface area (Å²) in [6.45, 7) is 1.76. The molecule has 0 saturated carbocycles. The molecule has 1 aliphatic rings. The van der Waals surface area contributed by atoms with Crippen LogP contribution >= 0.6 is 0 Å². The quantitative estimate of drug-likeness (QED) is 0.492. The summed E-state index contributed by atoms with van der Waals surface area (Å²) in [5.41, 5.74) is 6.56. The summed E-state index contributed by atoms with van der Waals surface area (Å²) in [7, 11) is 0. The zero-order chi connectivity index (χ0) is 6.69. The third-order valence-electron chi connectivity index (χ3n) is 1.40. The molecule has 1 fully saturated rings. The van der Waals surface area contributed by atoms with Gasteiger partial charge < -0.3 is 10.6 Å². The number of hydrogen-bond donors (Lipinski definition) is 2. The van der Waals surface area contributed by atoms with Crippen LogP contribution in [0.3, 0.4) is 0 Å². The summed E-state index contributed by atoms with van der Waals surface area (Å²) < 4.78 is 0. The molecule has 0 bridgehead atoms. The molecule has 1 radical (unpaired) electrons. The Kier molecular flexibility index (Phi) is 1.89. The lowest BCUT2D eigenvalue weighted by Gasteiger charge is -2.05. The van der Waals surface area contributed by atoms with E-state index in [1.165, 1.54) is 0 Å². The highest BCUT2D eigenvalue weighted by Crippen LogP contribution is 1.95. The van der Waals surface area contributed by atoms with Crippen molar-refractivity contribution in [3.8, 4) is 0 Å². The van der Waals surface area contributed by atoms with Crippen molar-refractivity contribution in [3.05, 3.63) is 0 Å². The number of nitrogens with one attached hydrogen (secondary N) is 3. The van der Waals surface area contributed by atoms with E-state index >= 15 is 0 Å². The van der Waals surface area contributed by atoms with E-state index in [4.69, 9.17) is 5.73 Å². The van der Waals surface area contributed by atoms with Crippen molar-refractivity contribution in [1.82, 2.24) is 16.4 Å². The van der Waals surface area contributed by atoms with Crippen LogP contribution in [0.4, 0.5) is 4.79 Å². The van der Waals surface area contributed by atoms with Crippen molar-refractivity contribution in [2.75, 3.05) is 13.1 Å². The van der Waals surface area contributed by atoms with E-state index in [1.807, 2.05) is 0 Å². The third-order valence-corrected chi connectivity index (χ3v) is 1.40. The maximum Gasteiger partial charge on any atom is 0.333 e. The molecule has 1 heterocycles. The van der Waals surface area contributed by atoms with Crippen LogP contribution in [0, 0.1) is 0 Å². The normalized spacial score (nSPS) is 26.0. The molecule has 0 aromatic heterocycles. The Hall–Kier alpha value is -0.770. The fourth-order valence-electron chi connectivity index (χ4n) is 0.963. The summed E-state index contributed by atoms with van der Waals surface area (Å²) in [6.07, 6.45) is 0.949. The predicted octanol–water partition coefficient (Wildman–Crippen LogP) is -0.659. The zero-order valence-electron chi connectivity index (χ0n) is 5.11. The van der Waals surface area contributed by atoms with Crippen LogP contribution in [-0.2, 0) is 0 Å². The molecule has 3 N–H and O–H groups in total. The molecule has 1 unspecified atom stereocenters. The Morgan fingerprint density at radius 2 is 2.56 bits per heavy atom. The van der Waals surface area contributed by atoms with Gasteiger partial charge in [-0.15, -0.1) is 0 Å². The highest BCUT2D eigenvalue weighted by atomic mass is 16.2. The van der Waals surface area contributed by atoms with E-state index in [0.717, 1.165) is 19.5 Å². The fraction of sp³-hybridized carbons (Fsp3) is 0.800. The summed E-state index contributed by atoms with van der Waals surface area (Å²) in [5, 5.41) is 5.59. The monoisotopic (exact) mass is 128 g/mol. The van der Waals surface area contributed by atoms with Crippen LogP contribution in [0.1, 0.15) is 6.42 Å². The first-order valence-corrected chi connectivity index (χ1v) is 3.02. The first-order chi connectivity index (χ1) is 4.29. The minimum Gasteiger partial charge on any atom is -0.333 e. The van der Waals surface area contributed by atoms with Crippen LogP contribution < -0.4 is 16.4 Å². The number of carbonyl (C=O) groups is 1. The van der Waals surface area contributed by atoms with Gasteiger partial charge in [-0.1, -0.05) is 0 Å². The van der Waals surface area contributed by atoms with E-state index in [9.17, 15) is 4.79 Å².